The molecule has 0 N–H and O–H groups in total. The van der Waals surface area contributed by atoms with Gasteiger partial charge in [-0.2, -0.15) is 0 Å². The van der Waals surface area contributed by atoms with Crippen molar-refractivity contribution in [1.82, 2.24) is 15.0 Å². The van der Waals surface area contributed by atoms with Crippen molar-refractivity contribution in [3.05, 3.63) is 78.0 Å². The molecule has 0 radical (unpaired) electrons. The van der Waals surface area contributed by atoms with E-state index in [9.17, 15) is 0 Å². The number of pyridine rings is 1. The second-order valence-corrected chi connectivity index (χ2v) is 6.47. The summed E-state index contributed by atoms with van der Waals surface area (Å²) in [5, 5.41) is 4.44. The van der Waals surface area contributed by atoms with Gasteiger partial charge in [-0.25, -0.2) is 10.0 Å². The van der Waals surface area contributed by atoms with Crippen molar-refractivity contribution in [2.24, 2.45) is 4.99 Å². The first-order valence-corrected chi connectivity index (χ1v) is 8.75. The van der Waals surface area contributed by atoms with Crippen molar-refractivity contribution in [2.45, 2.75) is 26.4 Å². The molecule has 0 fully saturated rings. The van der Waals surface area contributed by atoms with Gasteiger partial charge in [0.25, 0.3) is 0 Å². The molecule has 0 bridgehead atoms. The number of aromatic nitrogens is 1. The predicted octanol–water partition coefficient (Wildman–Crippen LogP) is 3.87. The summed E-state index contributed by atoms with van der Waals surface area (Å²) in [6, 6.07) is 14.4. The van der Waals surface area contributed by atoms with Crippen LogP contribution >= 0.6 is 0 Å². The van der Waals surface area contributed by atoms with Gasteiger partial charge in [0.1, 0.15) is 5.75 Å². The average Bonchev–Trinajstić information content (AvgIpc) is 2.94. The molecule has 2 aromatic rings. The van der Waals surface area contributed by atoms with Gasteiger partial charge in [0.2, 0.25) is 0 Å². The quantitative estimate of drug-likeness (QED) is 0.843. The molecule has 0 spiro atoms. The monoisotopic (exact) mass is 346 g/mol. The normalized spacial score (nSPS) is 19.6. The summed E-state index contributed by atoms with van der Waals surface area (Å²) >= 11 is 0. The number of fused-ring (bicyclic) bond motifs is 1. The summed E-state index contributed by atoms with van der Waals surface area (Å²) in [7, 11) is 1.69. The molecular weight excluding hydrogens is 324 g/mol. The molecular formula is C21H22N4O. The molecule has 2 aliphatic heterocycles. The molecule has 1 unspecified atom stereocenters. The number of nitrogens with zero attached hydrogens (tertiary/aromatic N) is 4. The lowest BCUT2D eigenvalue weighted by Crippen LogP contribution is -2.38. The van der Waals surface area contributed by atoms with Gasteiger partial charge in [0.05, 0.1) is 25.4 Å². The zero-order chi connectivity index (χ0) is 18.1. The van der Waals surface area contributed by atoms with Gasteiger partial charge in [0.15, 0.2) is 5.82 Å². The highest BCUT2D eigenvalue weighted by Crippen LogP contribution is 2.39. The fraction of sp³-hybridized carbons (Fsp3) is 0.238. The van der Waals surface area contributed by atoms with Crippen LogP contribution < -0.4 is 4.74 Å². The lowest BCUT2D eigenvalue weighted by Gasteiger charge is -2.31. The number of methoxy groups -OCH3 is 1. The standard InChI is InChI=1S/C21H22N4O/c1-15-11-13-24-21(23-15)20(17-7-9-19(26-3)10-8-17)16(2)25(24)14-18-6-4-5-12-22-18/h4-13,16H,14H2,1-3H3. The van der Waals surface area contributed by atoms with Crippen LogP contribution in [-0.2, 0) is 6.54 Å². The van der Waals surface area contributed by atoms with E-state index in [0.29, 0.717) is 0 Å². The maximum absolute atomic E-state index is 5.30. The van der Waals surface area contributed by atoms with Crippen LogP contribution in [0.25, 0.3) is 5.57 Å². The summed E-state index contributed by atoms with van der Waals surface area (Å²) in [5.74, 6) is 1.84. The van der Waals surface area contributed by atoms with E-state index in [2.05, 4.69) is 46.3 Å². The summed E-state index contributed by atoms with van der Waals surface area (Å²) in [5.41, 5.74) is 4.42. The van der Waals surface area contributed by atoms with E-state index in [-0.39, 0.29) is 6.04 Å². The van der Waals surface area contributed by atoms with Crippen molar-refractivity contribution in [3.63, 3.8) is 0 Å². The predicted molar refractivity (Wildman–Crippen MR) is 103 cm³/mol. The highest BCUT2D eigenvalue weighted by Gasteiger charge is 2.37. The molecule has 2 aliphatic rings. The Hall–Kier alpha value is -2.92. The lowest BCUT2D eigenvalue weighted by molar-refractivity contribution is 0.0456. The zero-order valence-corrected chi connectivity index (χ0v) is 15.3. The van der Waals surface area contributed by atoms with Gasteiger partial charge < -0.3 is 4.74 Å². The summed E-state index contributed by atoms with van der Waals surface area (Å²) in [6.45, 7) is 4.97. The highest BCUT2D eigenvalue weighted by atomic mass is 16.5. The van der Waals surface area contributed by atoms with Crippen molar-refractivity contribution in [3.8, 4) is 5.75 Å². The van der Waals surface area contributed by atoms with Crippen LogP contribution in [0.1, 0.15) is 25.1 Å². The van der Waals surface area contributed by atoms with Crippen LogP contribution in [-0.4, -0.2) is 33.9 Å². The van der Waals surface area contributed by atoms with E-state index in [1.807, 2.05) is 43.5 Å². The number of ether oxygens (including phenoxy) is 1. The van der Waals surface area contributed by atoms with E-state index in [0.717, 1.165) is 35.1 Å². The highest BCUT2D eigenvalue weighted by molar-refractivity contribution is 5.95. The second-order valence-electron chi connectivity index (χ2n) is 6.47. The fourth-order valence-electron chi connectivity index (χ4n) is 3.43. The molecule has 3 heterocycles. The zero-order valence-electron chi connectivity index (χ0n) is 15.3. The Balaban J connectivity index is 1.73. The molecule has 26 heavy (non-hydrogen) atoms. The summed E-state index contributed by atoms with van der Waals surface area (Å²) in [4.78, 5) is 9.32. The van der Waals surface area contributed by atoms with Gasteiger partial charge in [0, 0.05) is 23.7 Å². The van der Waals surface area contributed by atoms with Gasteiger partial charge >= 0.3 is 0 Å². The lowest BCUT2D eigenvalue weighted by atomic mass is 10.00. The molecule has 4 rings (SSSR count). The average molecular weight is 346 g/mol. The third-order valence-corrected chi connectivity index (χ3v) is 4.79. The van der Waals surface area contributed by atoms with Crippen molar-refractivity contribution in [2.75, 3.05) is 7.11 Å². The molecule has 0 amide bonds. The molecule has 132 valence electrons. The maximum Gasteiger partial charge on any atom is 0.152 e. The van der Waals surface area contributed by atoms with Gasteiger partial charge in [-0.1, -0.05) is 18.2 Å². The number of hydrogen-bond acceptors (Lipinski definition) is 5. The molecule has 5 nitrogen and oxygen atoms in total. The smallest absolute Gasteiger partial charge is 0.152 e. The molecule has 5 heteroatoms. The first-order valence-electron chi connectivity index (χ1n) is 8.75. The van der Waals surface area contributed by atoms with E-state index >= 15 is 0 Å². The van der Waals surface area contributed by atoms with Crippen LogP contribution in [0.3, 0.4) is 0 Å². The Kier molecular flexibility index (Phi) is 4.31. The Morgan fingerprint density at radius 2 is 1.92 bits per heavy atom. The number of rotatable bonds is 4. The molecule has 1 aromatic carbocycles. The summed E-state index contributed by atoms with van der Waals surface area (Å²) in [6.07, 6.45) is 5.97. The van der Waals surface area contributed by atoms with Crippen molar-refractivity contribution < 1.29 is 4.74 Å². The Bertz CT molecular complexity index is 884. The fourth-order valence-corrected chi connectivity index (χ4v) is 3.43. The minimum Gasteiger partial charge on any atom is -0.497 e. The largest absolute Gasteiger partial charge is 0.497 e. The topological polar surface area (TPSA) is 41.0 Å². The van der Waals surface area contributed by atoms with Crippen LogP contribution in [0.15, 0.2) is 71.8 Å². The van der Waals surface area contributed by atoms with Gasteiger partial charge in [-0.3, -0.25) is 9.99 Å². The van der Waals surface area contributed by atoms with Crippen LogP contribution in [0.2, 0.25) is 0 Å². The van der Waals surface area contributed by atoms with Gasteiger partial charge in [-0.05, 0) is 49.8 Å². The third kappa shape index (κ3) is 2.91. The number of allylic oxidation sites excluding steroid dienone is 1. The minimum atomic E-state index is 0.180. The Morgan fingerprint density at radius 1 is 1.12 bits per heavy atom. The minimum absolute atomic E-state index is 0.180. The molecule has 0 aliphatic carbocycles. The Morgan fingerprint density at radius 3 is 2.62 bits per heavy atom. The molecule has 1 aromatic heterocycles. The first kappa shape index (κ1) is 16.5. The van der Waals surface area contributed by atoms with Crippen molar-refractivity contribution in [1.29, 1.82) is 0 Å². The van der Waals surface area contributed by atoms with E-state index in [4.69, 9.17) is 9.73 Å². The van der Waals surface area contributed by atoms with Crippen LogP contribution in [0, 0.1) is 0 Å². The Labute approximate surface area is 153 Å². The summed E-state index contributed by atoms with van der Waals surface area (Å²) < 4.78 is 5.30. The maximum atomic E-state index is 5.30. The second kappa shape index (κ2) is 6.77. The van der Waals surface area contributed by atoms with Crippen LogP contribution in [0.5, 0.6) is 5.75 Å². The molecule has 1 atom stereocenters. The van der Waals surface area contributed by atoms with Gasteiger partial charge in [-0.15, -0.1) is 0 Å². The third-order valence-electron chi connectivity index (χ3n) is 4.79. The number of hydrogen-bond donors (Lipinski definition) is 0. The molecule has 0 saturated carbocycles. The number of aliphatic imine (C=N–C) groups is 1. The van der Waals surface area contributed by atoms with E-state index in [1.165, 1.54) is 5.57 Å². The SMILES string of the molecule is COc1ccc(C2=C3N=C(C)C=CN3N(Cc3ccccn3)C2C)cc1. The van der Waals surface area contributed by atoms with E-state index in [1.54, 1.807) is 7.11 Å². The first-order chi connectivity index (χ1) is 12.7. The number of benzene rings is 1. The van der Waals surface area contributed by atoms with Crippen molar-refractivity contribution >= 4 is 11.3 Å². The van der Waals surface area contributed by atoms with E-state index < -0.39 is 0 Å². The number of hydrazine groups is 1. The van der Waals surface area contributed by atoms with Crippen LogP contribution in [0.4, 0.5) is 0 Å². The molecule has 0 saturated heterocycles.